The summed E-state index contributed by atoms with van der Waals surface area (Å²) in [6.07, 6.45) is 0. The van der Waals surface area contributed by atoms with Crippen molar-refractivity contribution in [2.24, 2.45) is 0 Å². The summed E-state index contributed by atoms with van der Waals surface area (Å²) in [5.41, 5.74) is 5.22. The van der Waals surface area contributed by atoms with Crippen molar-refractivity contribution in [2.45, 2.75) is 20.4 Å². The molecule has 0 aliphatic rings. The smallest absolute Gasteiger partial charge is 0.258 e. The summed E-state index contributed by atoms with van der Waals surface area (Å²) in [6.45, 7) is 4.82. The minimum Gasteiger partial charge on any atom is -0.334 e. The first-order chi connectivity index (χ1) is 12.2. The molecule has 4 aromatic rings. The second kappa shape index (κ2) is 6.36. The predicted molar refractivity (Wildman–Crippen MR) is 96.0 cm³/mol. The molecule has 5 heteroatoms. The van der Waals surface area contributed by atoms with E-state index in [9.17, 15) is 0 Å². The van der Waals surface area contributed by atoms with Gasteiger partial charge in [0.2, 0.25) is 5.82 Å². The van der Waals surface area contributed by atoms with E-state index >= 15 is 0 Å². The van der Waals surface area contributed by atoms with Crippen LogP contribution in [-0.4, -0.2) is 19.9 Å². The standard InChI is InChI=1S/C20H18N4O/c1-14-12-15(2)24(22-14)13-16-8-10-18(11-9-16)20-21-19(23-25-20)17-6-4-3-5-7-17/h3-12H,13H2,1-2H3. The Morgan fingerprint density at radius 1 is 0.920 bits per heavy atom. The molecule has 25 heavy (non-hydrogen) atoms. The van der Waals surface area contributed by atoms with Crippen LogP contribution in [0, 0.1) is 13.8 Å². The van der Waals surface area contributed by atoms with E-state index in [1.165, 1.54) is 5.56 Å². The van der Waals surface area contributed by atoms with Crippen LogP contribution >= 0.6 is 0 Å². The molecule has 0 spiro atoms. The third kappa shape index (κ3) is 3.21. The maximum atomic E-state index is 5.41. The van der Waals surface area contributed by atoms with Gasteiger partial charge in [0.1, 0.15) is 0 Å². The largest absolute Gasteiger partial charge is 0.334 e. The number of aromatic nitrogens is 4. The van der Waals surface area contributed by atoms with Gasteiger partial charge in [0.25, 0.3) is 5.89 Å². The molecular weight excluding hydrogens is 312 g/mol. The summed E-state index contributed by atoms with van der Waals surface area (Å²) in [7, 11) is 0. The molecule has 2 heterocycles. The normalized spacial score (nSPS) is 11.0. The van der Waals surface area contributed by atoms with Crippen LogP contribution in [0.25, 0.3) is 22.8 Å². The molecule has 0 aliphatic heterocycles. The Labute approximate surface area is 145 Å². The molecule has 0 N–H and O–H groups in total. The van der Waals surface area contributed by atoms with Crippen molar-refractivity contribution in [2.75, 3.05) is 0 Å². The van der Waals surface area contributed by atoms with Crippen molar-refractivity contribution in [1.29, 1.82) is 0 Å². The number of aryl methyl sites for hydroxylation is 2. The van der Waals surface area contributed by atoms with Crippen LogP contribution < -0.4 is 0 Å². The Hall–Kier alpha value is -3.21. The minimum absolute atomic E-state index is 0.525. The topological polar surface area (TPSA) is 56.7 Å². The first kappa shape index (κ1) is 15.3. The van der Waals surface area contributed by atoms with E-state index in [2.05, 4.69) is 40.4 Å². The van der Waals surface area contributed by atoms with Crippen molar-refractivity contribution < 1.29 is 4.52 Å². The summed E-state index contributed by atoms with van der Waals surface area (Å²) in [6, 6.07) is 20.0. The lowest BCUT2D eigenvalue weighted by Crippen LogP contribution is -2.03. The molecule has 0 amide bonds. The van der Waals surface area contributed by atoms with Crippen LogP contribution in [-0.2, 0) is 6.54 Å². The van der Waals surface area contributed by atoms with Crippen LogP contribution in [0.3, 0.4) is 0 Å². The Morgan fingerprint density at radius 2 is 1.68 bits per heavy atom. The maximum Gasteiger partial charge on any atom is 0.258 e. The highest BCUT2D eigenvalue weighted by atomic mass is 16.5. The number of nitrogens with zero attached hydrogens (tertiary/aromatic N) is 4. The lowest BCUT2D eigenvalue weighted by atomic mass is 10.1. The minimum atomic E-state index is 0.525. The fraction of sp³-hybridized carbons (Fsp3) is 0.150. The summed E-state index contributed by atoms with van der Waals surface area (Å²) in [4.78, 5) is 4.49. The van der Waals surface area contributed by atoms with Crippen molar-refractivity contribution >= 4 is 0 Å². The van der Waals surface area contributed by atoms with Gasteiger partial charge in [0.05, 0.1) is 12.2 Å². The number of hydrogen-bond acceptors (Lipinski definition) is 4. The zero-order valence-electron chi connectivity index (χ0n) is 14.2. The molecule has 5 nitrogen and oxygen atoms in total. The van der Waals surface area contributed by atoms with Gasteiger partial charge in [-0.2, -0.15) is 10.1 Å². The van der Waals surface area contributed by atoms with E-state index in [0.29, 0.717) is 11.7 Å². The molecule has 0 saturated carbocycles. The zero-order valence-corrected chi connectivity index (χ0v) is 14.2. The molecule has 0 atom stereocenters. The second-order valence-corrected chi connectivity index (χ2v) is 6.07. The summed E-state index contributed by atoms with van der Waals surface area (Å²) >= 11 is 0. The van der Waals surface area contributed by atoms with Gasteiger partial charge in [-0.3, -0.25) is 4.68 Å². The van der Waals surface area contributed by atoms with Gasteiger partial charge >= 0.3 is 0 Å². The average Bonchev–Trinajstić information content (AvgIpc) is 3.23. The van der Waals surface area contributed by atoms with E-state index in [4.69, 9.17) is 4.52 Å². The van der Waals surface area contributed by atoms with E-state index in [0.717, 1.165) is 29.1 Å². The highest BCUT2D eigenvalue weighted by molar-refractivity contribution is 5.59. The van der Waals surface area contributed by atoms with E-state index in [1.54, 1.807) is 0 Å². The molecule has 0 fully saturated rings. The summed E-state index contributed by atoms with van der Waals surface area (Å²) < 4.78 is 7.41. The van der Waals surface area contributed by atoms with Gasteiger partial charge in [-0.25, -0.2) is 0 Å². The highest BCUT2D eigenvalue weighted by Crippen LogP contribution is 2.22. The number of benzene rings is 2. The van der Waals surface area contributed by atoms with Crippen molar-refractivity contribution in [3.05, 3.63) is 77.6 Å². The molecule has 0 unspecified atom stereocenters. The number of hydrogen-bond donors (Lipinski definition) is 0. The lowest BCUT2D eigenvalue weighted by molar-refractivity contribution is 0.432. The van der Waals surface area contributed by atoms with Gasteiger partial charge < -0.3 is 4.52 Å². The van der Waals surface area contributed by atoms with Gasteiger partial charge in [-0.1, -0.05) is 47.6 Å². The Morgan fingerprint density at radius 3 is 2.36 bits per heavy atom. The molecule has 2 aromatic heterocycles. The van der Waals surface area contributed by atoms with E-state index in [1.807, 2.05) is 54.1 Å². The van der Waals surface area contributed by atoms with Crippen LogP contribution in [0.1, 0.15) is 17.0 Å². The van der Waals surface area contributed by atoms with Crippen LogP contribution in [0.4, 0.5) is 0 Å². The molecular formula is C20H18N4O. The summed E-state index contributed by atoms with van der Waals surface area (Å²) in [5, 5.41) is 8.57. The first-order valence-electron chi connectivity index (χ1n) is 8.18. The molecule has 0 aliphatic carbocycles. The van der Waals surface area contributed by atoms with E-state index < -0.39 is 0 Å². The molecule has 124 valence electrons. The van der Waals surface area contributed by atoms with Crippen molar-refractivity contribution in [3.63, 3.8) is 0 Å². The van der Waals surface area contributed by atoms with Gasteiger partial charge in [0.15, 0.2) is 0 Å². The Kier molecular flexibility index (Phi) is 3.90. The average molecular weight is 330 g/mol. The molecule has 2 aromatic carbocycles. The fourth-order valence-electron chi connectivity index (χ4n) is 2.81. The molecule has 0 bridgehead atoms. The third-order valence-corrected chi connectivity index (χ3v) is 4.09. The van der Waals surface area contributed by atoms with Crippen LogP contribution in [0.15, 0.2) is 65.2 Å². The lowest BCUT2D eigenvalue weighted by Gasteiger charge is -2.05. The first-order valence-corrected chi connectivity index (χ1v) is 8.18. The third-order valence-electron chi connectivity index (χ3n) is 4.09. The van der Waals surface area contributed by atoms with E-state index in [-0.39, 0.29) is 0 Å². The highest BCUT2D eigenvalue weighted by Gasteiger charge is 2.10. The summed E-state index contributed by atoms with van der Waals surface area (Å²) in [5.74, 6) is 1.12. The van der Waals surface area contributed by atoms with Crippen molar-refractivity contribution in [1.82, 2.24) is 19.9 Å². The maximum absolute atomic E-state index is 5.41. The van der Waals surface area contributed by atoms with Crippen LogP contribution in [0.5, 0.6) is 0 Å². The Balaban J connectivity index is 1.54. The SMILES string of the molecule is Cc1cc(C)n(Cc2ccc(-c3nc(-c4ccccc4)no3)cc2)n1. The zero-order chi connectivity index (χ0) is 17.2. The molecule has 4 rings (SSSR count). The molecule has 0 radical (unpaired) electrons. The molecule has 0 saturated heterocycles. The van der Waals surface area contributed by atoms with Crippen LogP contribution in [0.2, 0.25) is 0 Å². The van der Waals surface area contributed by atoms with Gasteiger partial charge in [-0.15, -0.1) is 0 Å². The van der Waals surface area contributed by atoms with Gasteiger partial charge in [-0.05, 0) is 37.6 Å². The Bertz CT molecular complexity index is 984. The predicted octanol–water partition coefficient (Wildman–Crippen LogP) is 4.27. The second-order valence-electron chi connectivity index (χ2n) is 6.07. The number of rotatable bonds is 4. The fourth-order valence-corrected chi connectivity index (χ4v) is 2.81. The monoisotopic (exact) mass is 330 g/mol. The van der Waals surface area contributed by atoms with Crippen molar-refractivity contribution in [3.8, 4) is 22.8 Å². The van der Waals surface area contributed by atoms with Gasteiger partial charge in [0, 0.05) is 16.8 Å². The quantitative estimate of drug-likeness (QED) is 0.561.